The number of carbonyl (C=O) groups is 1. The first-order valence-electron chi connectivity index (χ1n) is 6.38. The normalized spacial score (nSPS) is 29.9. The monoisotopic (exact) mass is 210 g/mol. The first-order valence-corrected chi connectivity index (χ1v) is 6.38. The highest BCUT2D eigenvalue weighted by molar-refractivity contribution is 5.49. The average molecular weight is 210 g/mol. The van der Waals surface area contributed by atoms with E-state index in [2.05, 4.69) is 27.7 Å². The van der Waals surface area contributed by atoms with Gasteiger partial charge in [0.05, 0.1) is 0 Å². The fraction of sp³-hybridized carbons (Fsp3) is 0.929. The number of hydrogen-bond acceptors (Lipinski definition) is 1. The van der Waals surface area contributed by atoms with Gasteiger partial charge in [0.2, 0.25) is 0 Å². The molecule has 1 fully saturated rings. The van der Waals surface area contributed by atoms with Crippen LogP contribution in [0.4, 0.5) is 0 Å². The predicted octanol–water partition coefficient (Wildman–Crippen LogP) is 4.06. The van der Waals surface area contributed by atoms with Gasteiger partial charge in [-0.3, -0.25) is 0 Å². The minimum Gasteiger partial charge on any atom is -0.303 e. The lowest BCUT2D eigenvalue weighted by Gasteiger charge is -2.39. The Balaban J connectivity index is 2.52. The van der Waals surface area contributed by atoms with Crippen molar-refractivity contribution in [3.05, 3.63) is 0 Å². The summed E-state index contributed by atoms with van der Waals surface area (Å²) in [4.78, 5) is 10.5. The number of carbonyl (C=O) groups excluding carboxylic acids is 1. The van der Waals surface area contributed by atoms with E-state index in [-0.39, 0.29) is 0 Å². The number of hydrogen-bond donors (Lipinski definition) is 0. The molecule has 0 aromatic heterocycles. The molecule has 1 saturated carbocycles. The molecule has 0 spiro atoms. The molecule has 1 rings (SSSR count). The molecule has 1 heteroatoms. The standard InChI is InChI=1S/C14H26O/c1-11(8-9-15)12-6-5-7-13(10-12)14(2,3)4/h9,11-13H,5-8,10H2,1-4H3. The van der Waals surface area contributed by atoms with E-state index in [1.807, 2.05) is 0 Å². The van der Waals surface area contributed by atoms with E-state index in [0.29, 0.717) is 11.3 Å². The first kappa shape index (κ1) is 12.7. The zero-order valence-electron chi connectivity index (χ0n) is 10.8. The molecule has 0 heterocycles. The van der Waals surface area contributed by atoms with Crippen LogP contribution in [0.25, 0.3) is 0 Å². The molecule has 0 N–H and O–H groups in total. The van der Waals surface area contributed by atoms with Crippen molar-refractivity contribution in [2.75, 3.05) is 0 Å². The average Bonchev–Trinajstić information content (AvgIpc) is 2.17. The Bertz CT molecular complexity index is 202. The second kappa shape index (κ2) is 5.14. The summed E-state index contributed by atoms with van der Waals surface area (Å²) in [5.41, 5.74) is 0.444. The lowest BCUT2D eigenvalue weighted by atomic mass is 9.66. The van der Waals surface area contributed by atoms with Crippen LogP contribution in [0.2, 0.25) is 0 Å². The van der Waals surface area contributed by atoms with Gasteiger partial charge >= 0.3 is 0 Å². The summed E-state index contributed by atoms with van der Waals surface area (Å²) in [6, 6.07) is 0. The summed E-state index contributed by atoms with van der Waals surface area (Å²) in [6.45, 7) is 9.30. The van der Waals surface area contributed by atoms with E-state index in [1.54, 1.807) is 0 Å². The summed E-state index contributed by atoms with van der Waals surface area (Å²) >= 11 is 0. The first-order chi connectivity index (χ1) is 6.95. The Morgan fingerprint density at radius 2 is 2.00 bits per heavy atom. The van der Waals surface area contributed by atoms with Crippen molar-refractivity contribution < 1.29 is 4.79 Å². The topological polar surface area (TPSA) is 17.1 Å². The summed E-state index contributed by atoms with van der Waals surface area (Å²) in [5, 5.41) is 0. The summed E-state index contributed by atoms with van der Waals surface area (Å²) in [7, 11) is 0. The van der Waals surface area contributed by atoms with E-state index < -0.39 is 0 Å². The van der Waals surface area contributed by atoms with Crippen molar-refractivity contribution in [2.24, 2.45) is 23.2 Å². The van der Waals surface area contributed by atoms with Gasteiger partial charge in [-0.25, -0.2) is 0 Å². The van der Waals surface area contributed by atoms with E-state index in [4.69, 9.17) is 0 Å². The van der Waals surface area contributed by atoms with Gasteiger partial charge < -0.3 is 4.79 Å². The van der Waals surface area contributed by atoms with Crippen LogP contribution in [0.1, 0.15) is 59.8 Å². The Hall–Kier alpha value is -0.330. The van der Waals surface area contributed by atoms with Gasteiger partial charge in [0.15, 0.2) is 0 Å². The SMILES string of the molecule is CC(CC=O)C1CCCC(C(C)(C)C)C1. The maximum atomic E-state index is 10.5. The van der Waals surface area contributed by atoms with Gasteiger partial charge in [-0.15, -0.1) is 0 Å². The summed E-state index contributed by atoms with van der Waals surface area (Å²) < 4.78 is 0. The van der Waals surface area contributed by atoms with Crippen molar-refractivity contribution in [1.82, 2.24) is 0 Å². The van der Waals surface area contributed by atoms with Crippen LogP contribution in [0.5, 0.6) is 0 Å². The van der Waals surface area contributed by atoms with Crippen LogP contribution < -0.4 is 0 Å². The van der Waals surface area contributed by atoms with Gasteiger partial charge in [0.1, 0.15) is 6.29 Å². The molecule has 0 aliphatic heterocycles. The molecular weight excluding hydrogens is 184 g/mol. The number of rotatable bonds is 3. The van der Waals surface area contributed by atoms with E-state index >= 15 is 0 Å². The molecule has 0 aromatic rings. The van der Waals surface area contributed by atoms with Gasteiger partial charge in [0.25, 0.3) is 0 Å². The Morgan fingerprint density at radius 3 is 2.53 bits per heavy atom. The minimum absolute atomic E-state index is 0.444. The fourth-order valence-electron chi connectivity index (χ4n) is 2.88. The third-order valence-corrected chi connectivity index (χ3v) is 4.21. The predicted molar refractivity (Wildman–Crippen MR) is 64.7 cm³/mol. The van der Waals surface area contributed by atoms with Crippen molar-refractivity contribution in [2.45, 2.75) is 59.8 Å². The Morgan fingerprint density at radius 1 is 1.33 bits per heavy atom. The highest BCUT2D eigenvalue weighted by atomic mass is 16.1. The van der Waals surface area contributed by atoms with Crippen molar-refractivity contribution in [3.8, 4) is 0 Å². The largest absolute Gasteiger partial charge is 0.303 e. The zero-order valence-corrected chi connectivity index (χ0v) is 10.8. The van der Waals surface area contributed by atoms with Crippen LogP contribution in [-0.4, -0.2) is 6.29 Å². The van der Waals surface area contributed by atoms with Gasteiger partial charge in [-0.05, 0) is 36.0 Å². The highest BCUT2D eigenvalue weighted by Crippen LogP contribution is 2.42. The fourth-order valence-corrected chi connectivity index (χ4v) is 2.88. The minimum atomic E-state index is 0.444. The van der Waals surface area contributed by atoms with E-state index in [0.717, 1.165) is 24.5 Å². The molecule has 0 aromatic carbocycles. The quantitative estimate of drug-likeness (QED) is 0.642. The van der Waals surface area contributed by atoms with E-state index in [1.165, 1.54) is 25.7 Å². The lowest BCUT2D eigenvalue weighted by Crippen LogP contribution is -2.29. The van der Waals surface area contributed by atoms with Crippen LogP contribution in [-0.2, 0) is 4.79 Å². The Kier molecular flexibility index (Phi) is 4.36. The molecule has 3 unspecified atom stereocenters. The smallest absolute Gasteiger partial charge is 0.120 e. The second-order valence-corrected chi connectivity index (χ2v) is 6.37. The maximum absolute atomic E-state index is 10.5. The van der Waals surface area contributed by atoms with Gasteiger partial charge in [-0.1, -0.05) is 40.5 Å². The molecule has 0 radical (unpaired) electrons. The van der Waals surface area contributed by atoms with Crippen LogP contribution in [0.15, 0.2) is 0 Å². The third kappa shape index (κ3) is 3.62. The molecule has 0 saturated heterocycles. The maximum Gasteiger partial charge on any atom is 0.120 e. The molecule has 1 aliphatic rings. The zero-order chi connectivity index (χ0) is 11.5. The highest BCUT2D eigenvalue weighted by Gasteiger charge is 2.32. The molecule has 0 amide bonds. The summed E-state index contributed by atoms with van der Waals surface area (Å²) in [6.07, 6.45) is 7.25. The molecule has 15 heavy (non-hydrogen) atoms. The van der Waals surface area contributed by atoms with Crippen LogP contribution in [0, 0.1) is 23.2 Å². The van der Waals surface area contributed by atoms with Gasteiger partial charge in [0, 0.05) is 6.42 Å². The lowest BCUT2D eigenvalue weighted by molar-refractivity contribution is -0.109. The van der Waals surface area contributed by atoms with Crippen LogP contribution in [0.3, 0.4) is 0 Å². The van der Waals surface area contributed by atoms with Crippen molar-refractivity contribution in [1.29, 1.82) is 0 Å². The van der Waals surface area contributed by atoms with E-state index in [9.17, 15) is 4.79 Å². The molecule has 3 atom stereocenters. The van der Waals surface area contributed by atoms with Crippen LogP contribution >= 0.6 is 0 Å². The Labute approximate surface area is 94.6 Å². The molecule has 88 valence electrons. The van der Waals surface area contributed by atoms with Gasteiger partial charge in [-0.2, -0.15) is 0 Å². The molecule has 1 nitrogen and oxygen atoms in total. The van der Waals surface area contributed by atoms with Crippen molar-refractivity contribution in [3.63, 3.8) is 0 Å². The molecular formula is C14H26O. The third-order valence-electron chi connectivity index (χ3n) is 4.21. The van der Waals surface area contributed by atoms with Crippen molar-refractivity contribution >= 4 is 6.29 Å². The molecule has 1 aliphatic carbocycles. The number of aldehydes is 1. The summed E-state index contributed by atoms with van der Waals surface area (Å²) in [5.74, 6) is 2.23. The molecule has 0 bridgehead atoms. The second-order valence-electron chi connectivity index (χ2n) is 6.37.